The molecule has 1 aromatic heterocycles. The summed E-state index contributed by atoms with van der Waals surface area (Å²) in [6.07, 6.45) is 0. The Hall–Kier alpha value is -4.25. The van der Waals surface area contributed by atoms with E-state index in [2.05, 4.69) is 29.6 Å². The fraction of sp³-hybridized carbons (Fsp3) is 0.107. The molecule has 0 aliphatic carbocycles. The molecule has 0 saturated heterocycles. The minimum atomic E-state index is -0.408. The zero-order chi connectivity index (χ0) is 22.5. The van der Waals surface area contributed by atoms with Crippen molar-refractivity contribution in [3.63, 3.8) is 0 Å². The van der Waals surface area contributed by atoms with Gasteiger partial charge in [0.2, 0.25) is 0 Å². The second-order valence-corrected chi connectivity index (χ2v) is 8.08. The number of methoxy groups -OCH3 is 2. The number of rotatable bonds is 3. The maximum absolute atomic E-state index is 13.4. The lowest BCUT2D eigenvalue weighted by Crippen LogP contribution is -2.25. The van der Waals surface area contributed by atoms with E-state index in [1.54, 1.807) is 14.2 Å². The van der Waals surface area contributed by atoms with Crippen molar-refractivity contribution in [2.24, 2.45) is 0 Å². The first kappa shape index (κ1) is 19.4. The van der Waals surface area contributed by atoms with E-state index in [9.17, 15) is 4.79 Å². The third kappa shape index (κ3) is 2.89. The van der Waals surface area contributed by atoms with Crippen molar-refractivity contribution >= 4 is 27.4 Å². The van der Waals surface area contributed by atoms with Crippen molar-refractivity contribution in [1.82, 2.24) is 0 Å². The van der Waals surface area contributed by atoms with Gasteiger partial charge in [0.25, 0.3) is 0 Å². The Morgan fingerprint density at radius 2 is 1.55 bits per heavy atom. The summed E-state index contributed by atoms with van der Waals surface area (Å²) in [5.41, 5.74) is 4.59. The molecule has 1 aliphatic rings. The van der Waals surface area contributed by atoms with Crippen molar-refractivity contribution in [1.29, 1.82) is 0 Å². The number of anilines is 1. The van der Waals surface area contributed by atoms with E-state index in [-0.39, 0.29) is 5.63 Å². The zero-order valence-electron chi connectivity index (χ0n) is 18.2. The van der Waals surface area contributed by atoms with Crippen LogP contribution in [0, 0.1) is 0 Å². The van der Waals surface area contributed by atoms with Crippen molar-refractivity contribution in [3.8, 4) is 22.6 Å². The van der Waals surface area contributed by atoms with Crippen molar-refractivity contribution in [2.75, 3.05) is 19.5 Å². The van der Waals surface area contributed by atoms with Gasteiger partial charge >= 0.3 is 5.63 Å². The van der Waals surface area contributed by atoms with Gasteiger partial charge in [0.15, 0.2) is 11.5 Å². The second-order valence-electron chi connectivity index (χ2n) is 8.08. The summed E-state index contributed by atoms with van der Waals surface area (Å²) in [5, 5.41) is 6.72. The molecule has 0 radical (unpaired) electrons. The molecule has 33 heavy (non-hydrogen) atoms. The van der Waals surface area contributed by atoms with Crippen LogP contribution in [0.2, 0.25) is 0 Å². The number of hydrogen-bond acceptors (Lipinski definition) is 5. The van der Waals surface area contributed by atoms with Gasteiger partial charge < -0.3 is 19.2 Å². The van der Waals surface area contributed by atoms with Crippen LogP contribution in [0.1, 0.15) is 17.2 Å². The quantitative estimate of drug-likeness (QED) is 0.345. The van der Waals surface area contributed by atoms with Crippen LogP contribution in [0.5, 0.6) is 11.5 Å². The van der Waals surface area contributed by atoms with E-state index in [4.69, 9.17) is 13.9 Å². The summed E-state index contributed by atoms with van der Waals surface area (Å²) in [5.74, 6) is 1.24. The lowest BCUT2D eigenvalue weighted by molar-refractivity contribution is 0.354. The van der Waals surface area contributed by atoms with E-state index in [0.29, 0.717) is 22.6 Å². The summed E-state index contributed by atoms with van der Waals surface area (Å²) in [7, 11) is 3.21. The van der Waals surface area contributed by atoms with Gasteiger partial charge in [0, 0.05) is 22.2 Å². The van der Waals surface area contributed by atoms with Crippen LogP contribution in [-0.4, -0.2) is 14.2 Å². The highest BCUT2D eigenvalue weighted by atomic mass is 16.5. The van der Waals surface area contributed by atoms with Crippen molar-refractivity contribution < 1.29 is 13.9 Å². The molecule has 1 N–H and O–H groups in total. The summed E-state index contributed by atoms with van der Waals surface area (Å²) in [6, 6.07) is 25.4. The first-order valence-electron chi connectivity index (χ1n) is 10.8. The fourth-order valence-electron chi connectivity index (χ4n) is 4.87. The zero-order valence-corrected chi connectivity index (χ0v) is 18.2. The van der Waals surface area contributed by atoms with Gasteiger partial charge in [0.05, 0.1) is 25.8 Å². The molecule has 6 rings (SSSR count). The molecule has 0 saturated carbocycles. The van der Waals surface area contributed by atoms with Gasteiger partial charge in [-0.15, -0.1) is 0 Å². The highest BCUT2D eigenvalue weighted by molar-refractivity contribution is 6.11. The van der Waals surface area contributed by atoms with Crippen molar-refractivity contribution in [3.05, 3.63) is 100 Å². The van der Waals surface area contributed by atoms with Crippen LogP contribution >= 0.6 is 0 Å². The average molecular weight is 435 g/mol. The van der Waals surface area contributed by atoms with Crippen LogP contribution in [0.15, 0.2) is 88.1 Å². The monoisotopic (exact) mass is 435 g/mol. The van der Waals surface area contributed by atoms with Gasteiger partial charge in [-0.05, 0) is 40.6 Å². The summed E-state index contributed by atoms with van der Waals surface area (Å²) >= 11 is 0. The predicted octanol–water partition coefficient (Wildman–Crippen LogP) is 6.15. The summed E-state index contributed by atoms with van der Waals surface area (Å²) < 4.78 is 16.7. The Kier molecular flexibility index (Phi) is 4.37. The highest BCUT2D eigenvalue weighted by Gasteiger charge is 2.32. The number of hydrogen-bond donors (Lipinski definition) is 1. The maximum Gasteiger partial charge on any atom is 0.342 e. The molecule has 0 amide bonds. The van der Waals surface area contributed by atoms with Gasteiger partial charge in [-0.3, -0.25) is 0 Å². The molecule has 0 bridgehead atoms. The standard InChI is InChI=1S/C28H21NO4/c1-31-22-14-12-17(15-23(22)32-2)27-26-25(19-9-5-6-10-21(19)33-28(26)30)24-18-8-4-3-7-16(18)11-13-20(24)29-27/h3-15,27,29H,1-2H3/t27-/m1/s1. The maximum atomic E-state index is 13.4. The Morgan fingerprint density at radius 1 is 0.788 bits per heavy atom. The average Bonchev–Trinajstić information content (AvgIpc) is 2.87. The molecule has 0 fully saturated rings. The van der Waals surface area contributed by atoms with Crippen LogP contribution in [0.25, 0.3) is 32.9 Å². The Balaban J connectivity index is 1.71. The first-order chi connectivity index (χ1) is 16.2. The number of benzene rings is 4. The molecule has 0 unspecified atom stereocenters. The molecule has 5 aromatic rings. The molecular weight excluding hydrogens is 414 g/mol. The van der Waals surface area contributed by atoms with E-state index < -0.39 is 6.04 Å². The molecule has 162 valence electrons. The molecule has 1 aliphatic heterocycles. The summed E-state index contributed by atoms with van der Waals surface area (Å²) in [4.78, 5) is 13.4. The molecular formula is C28H21NO4. The fourth-order valence-corrected chi connectivity index (χ4v) is 4.87. The van der Waals surface area contributed by atoms with Crippen LogP contribution < -0.4 is 20.4 Å². The van der Waals surface area contributed by atoms with E-state index >= 15 is 0 Å². The number of para-hydroxylation sites is 1. The number of nitrogens with one attached hydrogen (secondary N) is 1. The lowest BCUT2D eigenvalue weighted by Gasteiger charge is -2.31. The summed E-state index contributed by atoms with van der Waals surface area (Å²) in [6.45, 7) is 0. The van der Waals surface area contributed by atoms with Gasteiger partial charge in [-0.25, -0.2) is 4.79 Å². The minimum absolute atomic E-state index is 0.352. The second kappa shape index (κ2) is 7.41. The van der Waals surface area contributed by atoms with Crippen LogP contribution in [0.4, 0.5) is 5.69 Å². The Morgan fingerprint density at radius 3 is 2.36 bits per heavy atom. The van der Waals surface area contributed by atoms with E-state index in [1.165, 1.54) is 0 Å². The smallest absolute Gasteiger partial charge is 0.342 e. The minimum Gasteiger partial charge on any atom is -0.493 e. The molecule has 0 spiro atoms. The molecule has 2 heterocycles. The SMILES string of the molecule is COc1ccc([C@H]2Nc3ccc4ccccc4c3-c3c2c(=O)oc2ccccc32)cc1OC. The van der Waals surface area contributed by atoms with Crippen LogP contribution in [-0.2, 0) is 0 Å². The number of ether oxygens (including phenoxy) is 2. The third-order valence-corrected chi connectivity index (χ3v) is 6.36. The highest BCUT2D eigenvalue weighted by Crippen LogP contribution is 2.48. The normalized spacial score (nSPS) is 14.4. The van der Waals surface area contributed by atoms with Gasteiger partial charge in [-0.1, -0.05) is 54.6 Å². The third-order valence-electron chi connectivity index (χ3n) is 6.36. The Labute approximate surface area is 190 Å². The molecule has 4 aromatic carbocycles. The predicted molar refractivity (Wildman–Crippen MR) is 130 cm³/mol. The molecule has 1 atom stereocenters. The first-order valence-corrected chi connectivity index (χ1v) is 10.8. The van der Waals surface area contributed by atoms with Crippen LogP contribution in [0.3, 0.4) is 0 Å². The van der Waals surface area contributed by atoms with Gasteiger partial charge in [0.1, 0.15) is 5.58 Å². The lowest BCUT2D eigenvalue weighted by atomic mass is 9.83. The van der Waals surface area contributed by atoms with Gasteiger partial charge in [-0.2, -0.15) is 0 Å². The Bertz CT molecular complexity index is 1600. The van der Waals surface area contributed by atoms with E-state index in [1.807, 2.05) is 54.6 Å². The van der Waals surface area contributed by atoms with E-state index in [0.717, 1.165) is 38.5 Å². The largest absolute Gasteiger partial charge is 0.493 e. The van der Waals surface area contributed by atoms with Crippen molar-refractivity contribution in [2.45, 2.75) is 6.04 Å². The topological polar surface area (TPSA) is 60.7 Å². The number of fused-ring (bicyclic) bond motifs is 7. The molecule has 5 heteroatoms. The molecule has 5 nitrogen and oxygen atoms in total.